The van der Waals surface area contributed by atoms with E-state index in [4.69, 9.17) is 21.1 Å². The SMILES string of the molecule is CCOC(=O)CCCCOc1ccc(C(=O)N2c3ccccc3C(N(C(C)=O)c3ccc(Cl)cc3)CC2C)cc1. The topological polar surface area (TPSA) is 76.2 Å². The van der Waals surface area contributed by atoms with E-state index in [-0.39, 0.29) is 29.9 Å². The number of hydrogen-bond donors (Lipinski definition) is 0. The van der Waals surface area contributed by atoms with Gasteiger partial charge in [-0.05, 0) is 93.3 Å². The summed E-state index contributed by atoms with van der Waals surface area (Å²) in [7, 11) is 0. The highest BCUT2D eigenvalue weighted by Crippen LogP contribution is 2.43. The number of fused-ring (bicyclic) bond motifs is 1. The average molecular weight is 563 g/mol. The Balaban J connectivity index is 1.48. The van der Waals surface area contributed by atoms with Crippen LogP contribution in [0.4, 0.5) is 11.4 Å². The van der Waals surface area contributed by atoms with Crippen LogP contribution in [0.2, 0.25) is 5.02 Å². The van der Waals surface area contributed by atoms with Crippen LogP contribution in [0.1, 0.15) is 68.4 Å². The van der Waals surface area contributed by atoms with Crippen LogP contribution >= 0.6 is 11.6 Å². The molecule has 2 unspecified atom stereocenters. The summed E-state index contributed by atoms with van der Waals surface area (Å²) >= 11 is 6.09. The minimum atomic E-state index is -0.228. The van der Waals surface area contributed by atoms with Crippen molar-refractivity contribution in [2.24, 2.45) is 0 Å². The molecule has 0 fully saturated rings. The van der Waals surface area contributed by atoms with Crippen LogP contribution in [-0.2, 0) is 14.3 Å². The summed E-state index contributed by atoms with van der Waals surface area (Å²) in [5.74, 6) is 0.287. The number of rotatable bonds is 10. The van der Waals surface area contributed by atoms with Crippen molar-refractivity contribution in [1.29, 1.82) is 0 Å². The van der Waals surface area contributed by atoms with E-state index in [0.29, 0.717) is 48.8 Å². The maximum Gasteiger partial charge on any atom is 0.305 e. The standard InChI is InChI=1S/C32H35ClN2O5/c1-4-39-31(37)11-7-8-20-40-27-18-12-24(13-19-27)32(38)34-22(2)21-30(28-9-5-6-10-29(28)34)35(23(3)36)26-16-14-25(33)15-17-26/h5-6,9-10,12-19,22,30H,4,7-8,11,20-21H2,1-3H3. The number of halogens is 1. The van der Waals surface area contributed by atoms with Gasteiger partial charge in [0.25, 0.3) is 5.91 Å². The number of esters is 1. The van der Waals surface area contributed by atoms with Crippen molar-refractivity contribution in [3.8, 4) is 5.75 Å². The third-order valence-corrected chi connectivity index (χ3v) is 7.24. The number of benzene rings is 3. The van der Waals surface area contributed by atoms with E-state index in [0.717, 1.165) is 23.4 Å². The van der Waals surface area contributed by atoms with Crippen molar-refractivity contribution < 1.29 is 23.9 Å². The van der Waals surface area contributed by atoms with Crippen molar-refractivity contribution in [2.75, 3.05) is 23.0 Å². The first kappa shape index (κ1) is 29.2. The van der Waals surface area contributed by atoms with Gasteiger partial charge in [-0.3, -0.25) is 14.4 Å². The summed E-state index contributed by atoms with van der Waals surface area (Å²) in [6.45, 7) is 6.23. The quantitative estimate of drug-likeness (QED) is 0.197. The molecule has 0 aliphatic carbocycles. The number of ether oxygens (including phenoxy) is 2. The van der Waals surface area contributed by atoms with Gasteiger partial charge < -0.3 is 19.3 Å². The molecule has 4 rings (SSSR count). The Morgan fingerprint density at radius 2 is 1.68 bits per heavy atom. The van der Waals surface area contributed by atoms with Gasteiger partial charge in [0.05, 0.1) is 19.3 Å². The molecule has 0 radical (unpaired) electrons. The van der Waals surface area contributed by atoms with Gasteiger partial charge in [0.2, 0.25) is 5.91 Å². The molecule has 40 heavy (non-hydrogen) atoms. The molecule has 3 aromatic carbocycles. The zero-order valence-corrected chi connectivity index (χ0v) is 23.9. The fourth-order valence-corrected chi connectivity index (χ4v) is 5.27. The summed E-state index contributed by atoms with van der Waals surface area (Å²) in [5, 5.41) is 0.604. The molecule has 0 N–H and O–H groups in total. The van der Waals surface area contributed by atoms with E-state index < -0.39 is 0 Å². The first-order valence-corrected chi connectivity index (χ1v) is 14.0. The lowest BCUT2D eigenvalue weighted by Crippen LogP contribution is -2.47. The zero-order chi connectivity index (χ0) is 28.6. The number of amides is 2. The van der Waals surface area contributed by atoms with E-state index in [9.17, 15) is 14.4 Å². The predicted molar refractivity (Wildman–Crippen MR) is 157 cm³/mol. The number of carbonyl (C=O) groups excluding carboxylic acids is 3. The van der Waals surface area contributed by atoms with E-state index in [1.54, 1.807) is 55.1 Å². The Labute approximate surface area is 240 Å². The Hall–Kier alpha value is -3.84. The maximum absolute atomic E-state index is 13.8. The van der Waals surface area contributed by atoms with Crippen molar-refractivity contribution >= 4 is 40.8 Å². The lowest BCUT2D eigenvalue weighted by atomic mass is 9.89. The van der Waals surface area contributed by atoms with Gasteiger partial charge in [0.15, 0.2) is 0 Å². The van der Waals surface area contributed by atoms with Crippen molar-refractivity contribution in [1.82, 2.24) is 0 Å². The molecule has 8 heteroatoms. The summed E-state index contributed by atoms with van der Waals surface area (Å²) < 4.78 is 10.7. The summed E-state index contributed by atoms with van der Waals surface area (Å²) in [4.78, 5) is 41.7. The Bertz CT molecular complexity index is 1330. The highest BCUT2D eigenvalue weighted by Gasteiger charge is 2.38. The van der Waals surface area contributed by atoms with Gasteiger partial charge in [-0.25, -0.2) is 0 Å². The van der Waals surface area contributed by atoms with E-state index >= 15 is 0 Å². The first-order valence-electron chi connectivity index (χ1n) is 13.7. The molecule has 2 amide bonds. The number of nitrogens with zero attached hydrogens (tertiary/aromatic N) is 2. The van der Waals surface area contributed by atoms with Crippen LogP contribution in [0.15, 0.2) is 72.8 Å². The highest BCUT2D eigenvalue weighted by molar-refractivity contribution is 6.30. The summed E-state index contributed by atoms with van der Waals surface area (Å²) in [5.41, 5.74) is 3.02. The molecule has 3 aromatic rings. The van der Waals surface area contributed by atoms with Crippen LogP contribution in [0.3, 0.4) is 0 Å². The second-order valence-electron chi connectivity index (χ2n) is 9.83. The van der Waals surface area contributed by atoms with Gasteiger partial charge >= 0.3 is 5.97 Å². The molecule has 210 valence electrons. The number of para-hydroxylation sites is 1. The smallest absolute Gasteiger partial charge is 0.305 e. The third kappa shape index (κ3) is 6.83. The van der Waals surface area contributed by atoms with E-state index in [1.807, 2.05) is 48.2 Å². The van der Waals surface area contributed by atoms with Crippen LogP contribution in [0.25, 0.3) is 0 Å². The normalized spacial score (nSPS) is 16.1. The molecule has 1 aliphatic heterocycles. The molecular weight excluding hydrogens is 528 g/mol. The number of hydrogen-bond acceptors (Lipinski definition) is 5. The number of anilines is 2. The molecule has 0 spiro atoms. The molecule has 0 saturated heterocycles. The molecule has 0 saturated carbocycles. The second-order valence-corrected chi connectivity index (χ2v) is 10.3. The highest BCUT2D eigenvalue weighted by atomic mass is 35.5. The average Bonchev–Trinajstić information content (AvgIpc) is 2.94. The zero-order valence-electron chi connectivity index (χ0n) is 23.1. The predicted octanol–water partition coefficient (Wildman–Crippen LogP) is 6.99. The lowest BCUT2D eigenvalue weighted by Gasteiger charge is -2.43. The Morgan fingerprint density at radius 1 is 0.975 bits per heavy atom. The van der Waals surface area contributed by atoms with E-state index in [1.165, 1.54) is 0 Å². The maximum atomic E-state index is 13.8. The van der Waals surface area contributed by atoms with Crippen LogP contribution in [-0.4, -0.2) is 37.0 Å². The van der Waals surface area contributed by atoms with Crippen molar-refractivity contribution in [2.45, 2.75) is 58.5 Å². The molecule has 0 aromatic heterocycles. The van der Waals surface area contributed by atoms with Gasteiger partial charge in [-0.2, -0.15) is 0 Å². The minimum absolute atomic E-state index is 0.0782. The summed E-state index contributed by atoms with van der Waals surface area (Å²) in [6, 6.07) is 21.7. The molecule has 0 bridgehead atoms. The lowest BCUT2D eigenvalue weighted by molar-refractivity contribution is -0.143. The van der Waals surface area contributed by atoms with Gasteiger partial charge in [0.1, 0.15) is 5.75 Å². The minimum Gasteiger partial charge on any atom is -0.494 e. The monoisotopic (exact) mass is 562 g/mol. The molecular formula is C32H35ClN2O5. The fourth-order valence-electron chi connectivity index (χ4n) is 5.15. The fraction of sp³-hybridized carbons (Fsp3) is 0.344. The van der Waals surface area contributed by atoms with Crippen LogP contribution in [0, 0.1) is 0 Å². The number of unbranched alkanes of at least 4 members (excludes halogenated alkanes) is 1. The second kappa shape index (κ2) is 13.5. The Kier molecular flexibility index (Phi) is 9.83. The van der Waals surface area contributed by atoms with Gasteiger partial charge in [-0.15, -0.1) is 0 Å². The third-order valence-electron chi connectivity index (χ3n) is 6.99. The molecule has 7 nitrogen and oxygen atoms in total. The van der Waals surface area contributed by atoms with Gasteiger partial charge in [-0.1, -0.05) is 29.8 Å². The largest absolute Gasteiger partial charge is 0.494 e. The Morgan fingerprint density at radius 3 is 2.35 bits per heavy atom. The van der Waals surface area contributed by atoms with Crippen molar-refractivity contribution in [3.63, 3.8) is 0 Å². The van der Waals surface area contributed by atoms with Gasteiger partial charge in [0, 0.05) is 41.3 Å². The molecule has 2 atom stereocenters. The number of carbonyl (C=O) groups is 3. The van der Waals surface area contributed by atoms with E-state index in [2.05, 4.69) is 0 Å². The summed E-state index contributed by atoms with van der Waals surface area (Å²) in [6.07, 6.45) is 2.39. The van der Waals surface area contributed by atoms with Crippen LogP contribution < -0.4 is 14.5 Å². The van der Waals surface area contributed by atoms with Crippen LogP contribution in [0.5, 0.6) is 5.75 Å². The first-order chi connectivity index (χ1) is 19.3. The molecule has 1 aliphatic rings. The van der Waals surface area contributed by atoms with Crippen molar-refractivity contribution in [3.05, 3.63) is 88.9 Å². The molecule has 1 heterocycles.